The summed E-state index contributed by atoms with van der Waals surface area (Å²) in [5.41, 5.74) is 0.412. The van der Waals surface area contributed by atoms with Gasteiger partial charge in [0.15, 0.2) is 0 Å². The standard InChI is InChI=1S/C14H22N2O4S/c1-4-11(3)16(10-14(17)18)12-8-6-7-9-13(12)21(19,20)15-5-2/h6-9,11,15H,4-5,10H2,1-3H3,(H,17,18). The number of benzene rings is 1. The van der Waals surface area contributed by atoms with Gasteiger partial charge in [-0.1, -0.05) is 26.0 Å². The fraction of sp³-hybridized carbons (Fsp3) is 0.500. The Labute approximate surface area is 125 Å². The van der Waals surface area contributed by atoms with Crippen LogP contribution in [0.1, 0.15) is 27.2 Å². The van der Waals surface area contributed by atoms with Crippen LogP contribution in [0.2, 0.25) is 0 Å². The second kappa shape index (κ2) is 7.42. The molecule has 2 N–H and O–H groups in total. The Kier molecular flexibility index (Phi) is 6.17. The van der Waals surface area contributed by atoms with Gasteiger partial charge in [-0.05, 0) is 25.5 Å². The predicted octanol–water partition coefficient (Wildman–Crippen LogP) is 1.67. The molecule has 0 aliphatic carbocycles. The van der Waals surface area contributed by atoms with Crippen LogP contribution < -0.4 is 9.62 Å². The van der Waals surface area contributed by atoms with Gasteiger partial charge in [0.2, 0.25) is 10.0 Å². The number of aliphatic carboxylic acids is 1. The smallest absolute Gasteiger partial charge is 0.323 e. The van der Waals surface area contributed by atoms with E-state index in [1.165, 1.54) is 6.07 Å². The number of hydrogen-bond donors (Lipinski definition) is 2. The average molecular weight is 314 g/mol. The van der Waals surface area contributed by atoms with Crippen LogP contribution in [0, 0.1) is 0 Å². The number of nitrogens with one attached hydrogen (secondary N) is 1. The fourth-order valence-corrected chi connectivity index (χ4v) is 3.29. The minimum absolute atomic E-state index is 0.0842. The zero-order chi connectivity index (χ0) is 16.0. The molecule has 0 saturated heterocycles. The van der Waals surface area contributed by atoms with Crippen molar-refractivity contribution < 1.29 is 18.3 Å². The van der Waals surface area contributed by atoms with E-state index in [0.29, 0.717) is 12.1 Å². The number of para-hydroxylation sites is 1. The second-order valence-electron chi connectivity index (χ2n) is 4.75. The maximum absolute atomic E-state index is 12.3. The van der Waals surface area contributed by atoms with Gasteiger partial charge < -0.3 is 10.0 Å². The lowest BCUT2D eigenvalue weighted by molar-refractivity contribution is -0.135. The first-order chi connectivity index (χ1) is 9.83. The van der Waals surface area contributed by atoms with Crippen molar-refractivity contribution in [1.82, 2.24) is 4.72 Å². The lowest BCUT2D eigenvalue weighted by Crippen LogP contribution is -2.38. The quantitative estimate of drug-likeness (QED) is 0.762. The molecule has 7 heteroatoms. The summed E-state index contributed by atoms with van der Waals surface area (Å²) in [5.74, 6) is -0.994. The molecule has 0 saturated carbocycles. The third-order valence-electron chi connectivity index (χ3n) is 3.23. The Morgan fingerprint density at radius 3 is 2.48 bits per heavy atom. The molecule has 0 amide bonds. The molecule has 0 heterocycles. The van der Waals surface area contributed by atoms with E-state index in [2.05, 4.69) is 4.72 Å². The Morgan fingerprint density at radius 2 is 1.95 bits per heavy atom. The fourth-order valence-electron chi connectivity index (χ4n) is 2.03. The number of carboxylic acids is 1. The highest BCUT2D eigenvalue weighted by molar-refractivity contribution is 7.89. The van der Waals surface area contributed by atoms with Gasteiger partial charge in [-0.3, -0.25) is 4.79 Å². The predicted molar refractivity (Wildman–Crippen MR) is 82.0 cm³/mol. The number of carboxylic acid groups (broad SMARTS) is 1. The first kappa shape index (κ1) is 17.5. The molecule has 118 valence electrons. The Bertz CT molecular complexity index is 586. The summed E-state index contributed by atoms with van der Waals surface area (Å²) in [4.78, 5) is 12.8. The monoisotopic (exact) mass is 314 g/mol. The average Bonchev–Trinajstić information content (AvgIpc) is 2.43. The molecule has 0 aliphatic rings. The van der Waals surface area contributed by atoms with E-state index in [-0.39, 0.29) is 24.0 Å². The van der Waals surface area contributed by atoms with Crippen molar-refractivity contribution in [2.24, 2.45) is 0 Å². The van der Waals surface area contributed by atoms with Crippen molar-refractivity contribution >= 4 is 21.7 Å². The van der Waals surface area contributed by atoms with Crippen LogP contribution in [0.25, 0.3) is 0 Å². The van der Waals surface area contributed by atoms with Crippen LogP contribution in [-0.2, 0) is 14.8 Å². The van der Waals surface area contributed by atoms with Crippen LogP contribution in [0.4, 0.5) is 5.69 Å². The van der Waals surface area contributed by atoms with Crippen molar-refractivity contribution in [3.63, 3.8) is 0 Å². The van der Waals surface area contributed by atoms with Crippen LogP contribution in [0.15, 0.2) is 29.2 Å². The molecular formula is C14H22N2O4S. The van der Waals surface area contributed by atoms with E-state index in [4.69, 9.17) is 5.11 Å². The molecule has 1 atom stereocenters. The van der Waals surface area contributed by atoms with Gasteiger partial charge >= 0.3 is 5.97 Å². The summed E-state index contributed by atoms with van der Waals surface area (Å²) in [7, 11) is -3.65. The molecule has 1 aromatic rings. The Morgan fingerprint density at radius 1 is 1.33 bits per heavy atom. The number of rotatable bonds is 8. The molecule has 0 radical (unpaired) electrons. The summed E-state index contributed by atoms with van der Waals surface area (Å²) in [5, 5.41) is 9.08. The van der Waals surface area contributed by atoms with Crippen molar-refractivity contribution in [2.75, 3.05) is 18.0 Å². The SMILES string of the molecule is CCNS(=O)(=O)c1ccccc1N(CC(=O)O)C(C)CC. The van der Waals surface area contributed by atoms with E-state index in [1.807, 2.05) is 13.8 Å². The molecule has 21 heavy (non-hydrogen) atoms. The third kappa shape index (κ3) is 4.44. The summed E-state index contributed by atoms with van der Waals surface area (Å²) < 4.78 is 27.0. The van der Waals surface area contributed by atoms with Crippen LogP contribution in [0.5, 0.6) is 0 Å². The minimum atomic E-state index is -3.65. The number of hydrogen-bond acceptors (Lipinski definition) is 4. The van der Waals surface area contributed by atoms with E-state index in [0.717, 1.165) is 0 Å². The molecule has 1 unspecified atom stereocenters. The molecule has 0 bridgehead atoms. The highest BCUT2D eigenvalue weighted by atomic mass is 32.2. The summed E-state index contributed by atoms with van der Waals surface area (Å²) in [6, 6.07) is 6.38. The van der Waals surface area contributed by atoms with Gasteiger partial charge in [0.25, 0.3) is 0 Å². The van der Waals surface area contributed by atoms with E-state index in [1.54, 1.807) is 30.0 Å². The molecule has 0 spiro atoms. The Balaban J connectivity index is 3.35. The molecule has 1 aromatic carbocycles. The van der Waals surface area contributed by atoms with Crippen molar-refractivity contribution in [2.45, 2.75) is 38.1 Å². The van der Waals surface area contributed by atoms with Crippen molar-refractivity contribution in [1.29, 1.82) is 0 Å². The highest BCUT2D eigenvalue weighted by Crippen LogP contribution is 2.27. The maximum atomic E-state index is 12.3. The van der Waals surface area contributed by atoms with Gasteiger partial charge in [0.1, 0.15) is 11.4 Å². The molecular weight excluding hydrogens is 292 g/mol. The van der Waals surface area contributed by atoms with Crippen molar-refractivity contribution in [3.05, 3.63) is 24.3 Å². The first-order valence-electron chi connectivity index (χ1n) is 6.90. The number of anilines is 1. The molecule has 0 fully saturated rings. The van der Waals surface area contributed by atoms with E-state index in [9.17, 15) is 13.2 Å². The normalized spacial score (nSPS) is 12.9. The topological polar surface area (TPSA) is 86.7 Å². The van der Waals surface area contributed by atoms with Gasteiger partial charge in [-0.25, -0.2) is 13.1 Å². The summed E-state index contributed by atoms with van der Waals surface area (Å²) in [6.45, 7) is 5.54. The van der Waals surface area contributed by atoms with Crippen LogP contribution >= 0.6 is 0 Å². The zero-order valence-corrected chi connectivity index (χ0v) is 13.4. The highest BCUT2D eigenvalue weighted by Gasteiger charge is 2.24. The minimum Gasteiger partial charge on any atom is -0.480 e. The zero-order valence-electron chi connectivity index (χ0n) is 12.5. The largest absolute Gasteiger partial charge is 0.480 e. The second-order valence-corrected chi connectivity index (χ2v) is 6.48. The van der Waals surface area contributed by atoms with Crippen molar-refractivity contribution in [3.8, 4) is 0 Å². The van der Waals surface area contributed by atoms with Crippen LogP contribution in [0.3, 0.4) is 0 Å². The van der Waals surface area contributed by atoms with Gasteiger partial charge in [0, 0.05) is 12.6 Å². The molecule has 0 aromatic heterocycles. The van der Waals surface area contributed by atoms with E-state index < -0.39 is 16.0 Å². The molecule has 0 aliphatic heterocycles. The lowest BCUT2D eigenvalue weighted by Gasteiger charge is -2.30. The maximum Gasteiger partial charge on any atom is 0.323 e. The van der Waals surface area contributed by atoms with Gasteiger partial charge in [-0.15, -0.1) is 0 Å². The molecule has 1 rings (SSSR count). The first-order valence-corrected chi connectivity index (χ1v) is 8.38. The summed E-state index contributed by atoms with van der Waals surface area (Å²) in [6.07, 6.45) is 0.711. The Hall–Kier alpha value is -1.60. The van der Waals surface area contributed by atoms with Gasteiger partial charge in [0.05, 0.1) is 5.69 Å². The lowest BCUT2D eigenvalue weighted by atomic mass is 10.2. The summed E-state index contributed by atoms with van der Waals surface area (Å²) >= 11 is 0. The number of sulfonamides is 1. The van der Waals surface area contributed by atoms with Gasteiger partial charge in [-0.2, -0.15) is 0 Å². The van der Waals surface area contributed by atoms with E-state index >= 15 is 0 Å². The van der Waals surface area contributed by atoms with Crippen LogP contribution in [-0.4, -0.2) is 38.6 Å². The number of nitrogens with zero attached hydrogens (tertiary/aromatic N) is 1. The molecule has 6 nitrogen and oxygen atoms in total. The third-order valence-corrected chi connectivity index (χ3v) is 4.82. The number of carbonyl (C=O) groups is 1.